The van der Waals surface area contributed by atoms with Crippen LogP contribution in [0.5, 0.6) is 0 Å². The average Bonchev–Trinajstić information content (AvgIpc) is 2.87. The third kappa shape index (κ3) is 5.30. The van der Waals surface area contributed by atoms with Crippen LogP contribution in [-0.4, -0.2) is 50.8 Å². The molecule has 1 amide bonds. The van der Waals surface area contributed by atoms with Gasteiger partial charge < -0.3 is 9.64 Å². The van der Waals surface area contributed by atoms with Gasteiger partial charge in [0, 0.05) is 13.1 Å². The third-order valence-electron chi connectivity index (χ3n) is 6.30. The van der Waals surface area contributed by atoms with Gasteiger partial charge >= 0.3 is 11.7 Å². The molecule has 2 aromatic carbocycles. The Morgan fingerprint density at radius 2 is 1.81 bits per heavy atom. The average molecular weight is 491 g/mol. The molecule has 1 aliphatic rings. The van der Waals surface area contributed by atoms with Crippen molar-refractivity contribution >= 4 is 11.9 Å². The molecule has 0 N–H and O–H groups in total. The number of nitrogens with zero attached hydrogens (tertiary/aromatic N) is 4. The summed E-state index contributed by atoms with van der Waals surface area (Å²) in [7, 11) is 0. The quantitative estimate of drug-likeness (QED) is 0.492. The van der Waals surface area contributed by atoms with Crippen molar-refractivity contribution in [3.05, 3.63) is 91.8 Å². The first-order valence-corrected chi connectivity index (χ1v) is 12.1. The molecule has 0 aliphatic carbocycles. The van der Waals surface area contributed by atoms with E-state index in [1.165, 1.54) is 4.90 Å². The summed E-state index contributed by atoms with van der Waals surface area (Å²) in [4.78, 5) is 54.2. The Morgan fingerprint density at radius 1 is 1.06 bits per heavy atom. The fraction of sp³-hybridized carbons (Fsp3) is 0.370. The molecule has 0 saturated carbocycles. The number of likely N-dealkylation sites (tertiary alicyclic amines) is 1. The zero-order valence-corrected chi connectivity index (χ0v) is 20.8. The molecule has 9 nitrogen and oxygen atoms in total. The number of amides is 1. The van der Waals surface area contributed by atoms with E-state index in [-0.39, 0.29) is 31.4 Å². The molecular formula is C27H30N4O5. The zero-order chi connectivity index (χ0) is 25.8. The van der Waals surface area contributed by atoms with Crippen molar-refractivity contribution in [1.29, 1.82) is 0 Å². The molecule has 0 bridgehead atoms. The third-order valence-corrected chi connectivity index (χ3v) is 6.30. The van der Waals surface area contributed by atoms with Crippen LogP contribution in [0.3, 0.4) is 0 Å². The van der Waals surface area contributed by atoms with Gasteiger partial charge in [0.1, 0.15) is 0 Å². The number of benzene rings is 2. The fourth-order valence-corrected chi connectivity index (χ4v) is 4.36. The maximum atomic E-state index is 13.5. The first-order valence-electron chi connectivity index (χ1n) is 12.1. The van der Waals surface area contributed by atoms with E-state index in [4.69, 9.17) is 4.74 Å². The molecule has 4 rings (SSSR count). The highest BCUT2D eigenvalue weighted by molar-refractivity contribution is 5.92. The summed E-state index contributed by atoms with van der Waals surface area (Å²) in [6, 6.07) is 14.6. The zero-order valence-electron chi connectivity index (χ0n) is 20.8. The van der Waals surface area contributed by atoms with Crippen molar-refractivity contribution in [3.8, 4) is 5.69 Å². The van der Waals surface area contributed by atoms with E-state index in [0.717, 1.165) is 25.9 Å². The van der Waals surface area contributed by atoms with E-state index in [1.54, 1.807) is 25.1 Å². The Balaban J connectivity index is 1.78. The molecule has 0 spiro atoms. The Hall–Kier alpha value is -4.01. The number of ether oxygens (including phenoxy) is 1. The second kappa shape index (κ2) is 10.7. The molecule has 3 aromatic rings. The highest BCUT2D eigenvalue weighted by Gasteiger charge is 2.32. The van der Waals surface area contributed by atoms with Crippen LogP contribution in [0, 0.1) is 19.8 Å². The van der Waals surface area contributed by atoms with Crippen LogP contribution in [0.25, 0.3) is 5.69 Å². The van der Waals surface area contributed by atoms with Crippen LogP contribution in [0.1, 0.15) is 46.9 Å². The van der Waals surface area contributed by atoms with Gasteiger partial charge in [-0.2, -0.15) is 9.78 Å². The first kappa shape index (κ1) is 25.1. The van der Waals surface area contributed by atoms with Crippen LogP contribution in [0.15, 0.2) is 58.1 Å². The Bertz CT molecular complexity index is 1390. The monoisotopic (exact) mass is 490 g/mol. The van der Waals surface area contributed by atoms with E-state index in [0.29, 0.717) is 25.1 Å². The molecule has 188 valence electrons. The lowest BCUT2D eigenvalue weighted by molar-refractivity contribution is -0.149. The van der Waals surface area contributed by atoms with Gasteiger partial charge in [-0.15, -0.1) is 0 Å². The number of hydrogen-bond donors (Lipinski definition) is 0. The summed E-state index contributed by atoms with van der Waals surface area (Å²) >= 11 is 0. The fourth-order valence-electron chi connectivity index (χ4n) is 4.36. The molecule has 2 heterocycles. The van der Waals surface area contributed by atoms with Gasteiger partial charge in [0.05, 0.1) is 24.8 Å². The minimum atomic E-state index is -0.757. The van der Waals surface area contributed by atoms with E-state index in [9.17, 15) is 19.2 Å². The maximum absolute atomic E-state index is 13.5. The summed E-state index contributed by atoms with van der Waals surface area (Å²) in [6.45, 7) is 6.35. The number of aromatic nitrogens is 3. The number of hydrogen-bond acceptors (Lipinski definition) is 6. The summed E-state index contributed by atoms with van der Waals surface area (Å²) < 4.78 is 7.27. The standard InChI is InChI=1S/C27H30N4O5/c1-4-36-26(34)21-8-6-14-29(17-21)24(32)23-25(33)30(16-20-12-10-18(2)11-13-20)27(35)31(28-23)22-9-5-7-19(3)15-22/h5,7,9-13,15,21H,4,6,8,14,16-17H2,1-3H3/t21-/m0/s1. The van der Waals surface area contributed by atoms with E-state index in [2.05, 4.69) is 5.10 Å². The predicted octanol–water partition coefficient (Wildman–Crippen LogP) is 2.47. The Kier molecular flexibility index (Phi) is 7.47. The molecule has 1 saturated heterocycles. The topological polar surface area (TPSA) is 104 Å². The molecule has 1 atom stereocenters. The summed E-state index contributed by atoms with van der Waals surface area (Å²) in [6.07, 6.45) is 1.21. The maximum Gasteiger partial charge on any atom is 0.352 e. The predicted molar refractivity (Wildman–Crippen MR) is 134 cm³/mol. The van der Waals surface area contributed by atoms with Crippen LogP contribution >= 0.6 is 0 Å². The van der Waals surface area contributed by atoms with Crippen LogP contribution in [0.4, 0.5) is 0 Å². The number of esters is 1. The number of piperidine rings is 1. The number of carbonyl (C=O) groups excluding carboxylic acids is 2. The lowest BCUT2D eigenvalue weighted by Gasteiger charge is -2.31. The van der Waals surface area contributed by atoms with Crippen molar-refractivity contribution in [2.75, 3.05) is 19.7 Å². The van der Waals surface area contributed by atoms with Gasteiger partial charge in [-0.25, -0.2) is 4.79 Å². The molecule has 1 fully saturated rings. The first-order chi connectivity index (χ1) is 17.3. The van der Waals surface area contributed by atoms with Crippen molar-refractivity contribution in [1.82, 2.24) is 19.2 Å². The molecule has 1 aliphatic heterocycles. The smallest absolute Gasteiger partial charge is 0.352 e. The molecule has 0 unspecified atom stereocenters. The second-order valence-electron chi connectivity index (χ2n) is 9.10. The largest absolute Gasteiger partial charge is 0.466 e. The molecule has 1 aromatic heterocycles. The normalized spacial score (nSPS) is 15.5. The number of carbonyl (C=O) groups is 2. The lowest BCUT2D eigenvalue weighted by Crippen LogP contribution is -2.49. The van der Waals surface area contributed by atoms with Crippen LogP contribution in [-0.2, 0) is 16.1 Å². The lowest BCUT2D eigenvalue weighted by atomic mass is 9.98. The second-order valence-corrected chi connectivity index (χ2v) is 9.10. The van der Waals surface area contributed by atoms with Gasteiger partial charge in [-0.3, -0.25) is 19.0 Å². The minimum absolute atomic E-state index is 0.00197. The van der Waals surface area contributed by atoms with Crippen molar-refractivity contribution in [2.24, 2.45) is 5.92 Å². The van der Waals surface area contributed by atoms with Gasteiger partial charge in [0.25, 0.3) is 11.5 Å². The molecular weight excluding hydrogens is 460 g/mol. The van der Waals surface area contributed by atoms with Crippen LogP contribution in [0.2, 0.25) is 0 Å². The van der Waals surface area contributed by atoms with Crippen molar-refractivity contribution in [2.45, 2.75) is 40.2 Å². The van der Waals surface area contributed by atoms with Crippen LogP contribution < -0.4 is 11.2 Å². The van der Waals surface area contributed by atoms with Gasteiger partial charge in [0.15, 0.2) is 0 Å². The summed E-state index contributed by atoms with van der Waals surface area (Å²) in [5.74, 6) is -1.42. The Labute approximate surface area is 208 Å². The summed E-state index contributed by atoms with van der Waals surface area (Å²) in [5.41, 5.74) is 1.41. The SMILES string of the molecule is CCOC(=O)[C@H]1CCCN(C(=O)c2nn(-c3cccc(C)c3)c(=O)n(Cc3ccc(C)cc3)c2=O)C1. The van der Waals surface area contributed by atoms with E-state index < -0.39 is 23.1 Å². The van der Waals surface area contributed by atoms with Gasteiger partial charge in [0.2, 0.25) is 5.69 Å². The molecule has 0 radical (unpaired) electrons. The number of aryl methyl sites for hydroxylation is 2. The highest BCUT2D eigenvalue weighted by atomic mass is 16.5. The van der Waals surface area contributed by atoms with Crippen molar-refractivity contribution < 1.29 is 14.3 Å². The minimum Gasteiger partial charge on any atom is -0.466 e. The molecule has 36 heavy (non-hydrogen) atoms. The highest BCUT2D eigenvalue weighted by Crippen LogP contribution is 2.19. The van der Waals surface area contributed by atoms with E-state index in [1.807, 2.05) is 44.2 Å². The van der Waals surface area contributed by atoms with Gasteiger partial charge in [-0.1, -0.05) is 42.0 Å². The summed E-state index contributed by atoms with van der Waals surface area (Å²) in [5, 5.41) is 4.24. The molecule has 9 heteroatoms. The van der Waals surface area contributed by atoms with Crippen molar-refractivity contribution in [3.63, 3.8) is 0 Å². The van der Waals surface area contributed by atoms with Gasteiger partial charge in [-0.05, 0) is 56.9 Å². The Morgan fingerprint density at radius 3 is 2.50 bits per heavy atom. The van der Waals surface area contributed by atoms with E-state index >= 15 is 0 Å². The number of rotatable bonds is 6.